The summed E-state index contributed by atoms with van der Waals surface area (Å²) in [5.41, 5.74) is 2.34. The molecule has 3 fully saturated rings. The van der Waals surface area contributed by atoms with E-state index in [0.717, 1.165) is 44.2 Å². The SMILES string of the molecule is O=C([C@H](O)C1CC1)N1CC2(CC2)C[C@@H]1Cc1cccc(-c2ccccc2)c1F. The first-order valence-corrected chi connectivity index (χ1v) is 10.4. The van der Waals surface area contributed by atoms with Crippen LogP contribution < -0.4 is 0 Å². The number of amides is 1. The van der Waals surface area contributed by atoms with E-state index >= 15 is 4.39 Å². The summed E-state index contributed by atoms with van der Waals surface area (Å²) in [5.74, 6) is -0.210. The summed E-state index contributed by atoms with van der Waals surface area (Å²) < 4.78 is 15.3. The third-order valence-corrected chi connectivity index (χ3v) is 6.80. The van der Waals surface area contributed by atoms with Gasteiger partial charge in [0.1, 0.15) is 11.9 Å². The second-order valence-electron chi connectivity index (χ2n) is 8.96. The van der Waals surface area contributed by atoms with E-state index in [4.69, 9.17) is 0 Å². The summed E-state index contributed by atoms with van der Waals surface area (Å²) >= 11 is 0. The maximum absolute atomic E-state index is 15.3. The first-order valence-electron chi connectivity index (χ1n) is 10.4. The normalized spacial score (nSPS) is 23.8. The summed E-state index contributed by atoms with van der Waals surface area (Å²) in [5, 5.41) is 10.4. The highest BCUT2D eigenvalue weighted by atomic mass is 19.1. The molecule has 0 radical (unpaired) electrons. The Morgan fingerprint density at radius 2 is 1.89 bits per heavy atom. The van der Waals surface area contributed by atoms with Crippen molar-refractivity contribution in [1.82, 2.24) is 4.90 Å². The molecular formula is C24H26FNO2. The van der Waals surface area contributed by atoms with Gasteiger partial charge in [-0.2, -0.15) is 0 Å². The van der Waals surface area contributed by atoms with Crippen LogP contribution in [-0.4, -0.2) is 34.6 Å². The molecule has 5 rings (SSSR count). The summed E-state index contributed by atoms with van der Waals surface area (Å²) in [4.78, 5) is 14.8. The van der Waals surface area contributed by atoms with Gasteiger partial charge in [-0.3, -0.25) is 4.79 Å². The number of halogens is 1. The lowest BCUT2D eigenvalue weighted by Gasteiger charge is -2.27. The molecule has 0 unspecified atom stereocenters. The first kappa shape index (κ1) is 17.9. The lowest BCUT2D eigenvalue weighted by Crippen LogP contribution is -2.44. The van der Waals surface area contributed by atoms with Crippen molar-refractivity contribution in [1.29, 1.82) is 0 Å². The van der Waals surface area contributed by atoms with Crippen LogP contribution in [0.4, 0.5) is 4.39 Å². The number of likely N-dealkylation sites (tertiary alicyclic amines) is 1. The van der Waals surface area contributed by atoms with Gasteiger partial charge in [0.15, 0.2) is 0 Å². The maximum Gasteiger partial charge on any atom is 0.251 e. The molecule has 2 aromatic carbocycles. The minimum Gasteiger partial charge on any atom is -0.383 e. The average Bonchev–Trinajstić information content (AvgIpc) is 3.62. The van der Waals surface area contributed by atoms with E-state index in [2.05, 4.69) is 0 Å². The van der Waals surface area contributed by atoms with Gasteiger partial charge in [0.25, 0.3) is 5.91 Å². The van der Waals surface area contributed by atoms with Crippen LogP contribution in [-0.2, 0) is 11.2 Å². The van der Waals surface area contributed by atoms with Crippen molar-refractivity contribution in [3.05, 3.63) is 59.9 Å². The third kappa shape index (κ3) is 3.24. The van der Waals surface area contributed by atoms with Crippen LogP contribution in [0.2, 0.25) is 0 Å². The lowest BCUT2D eigenvalue weighted by molar-refractivity contribution is -0.142. The molecule has 2 aromatic rings. The van der Waals surface area contributed by atoms with Crippen molar-refractivity contribution in [3.8, 4) is 11.1 Å². The van der Waals surface area contributed by atoms with Gasteiger partial charge in [-0.05, 0) is 61.0 Å². The zero-order chi connectivity index (χ0) is 19.3. The largest absolute Gasteiger partial charge is 0.383 e. The maximum atomic E-state index is 15.3. The topological polar surface area (TPSA) is 40.5 Å². The zero-order valence-corrected chi connectivity index (χ0v) is 16.0. The van der Waals surface area contributed by atoms with Crippen LogP contribution in [0.3, 0.4) is 0 Å². The Morgan fingerprint density at radius 1 is 1.14 bits per heavy atom. The molecule has 1 aliphatic heterocycles. The Morgan fingerprint density at radius 3 is 2.57 bits per heavy atom. The van der Waals surface area contributed by atoms with E-state index in [0.29, 0.717) is 17.5 Å². The van der Waals surface area contributed by atoms with Gasteiger partial charge in [-0.15, -0.1) is 0 Å². The van der Waals surface area contributed by atoms with Crippen molar-refractivity contribution in [2.24, 2.45) is 11.3 Å². The summed E-state index contributed by atoms with van der Waals surface area (Å²) in [6, 6.07) is 15.1. The summed E-state index contributed by atoms with van der Waals surface area (Å²) in [6.07, 6.45) is 4.70. The molecule has 2 saturated carbocycles. The van der Waals surface area contributed by atoms with Gasteiger partial charge in [-0.1, -0.05) is 48.5 Å². The Hall–Kier alpha value is -2.20. The monoisotopic (exact) mass is 379 g/mol. The van der Waals surface area contributed by atoms with E-state index in [1.165, 1.54) is 0 Å². The fraction of sp³-hybridized carbons (Fsp3) is 0.458. The number of rotatable bonds is 5. The van der Waals surface area contributed by atoms with E-state index in [-0.39, 0.29) is 29.1 Å². The number of aliphatic hydroxyl groups is 1. The Kier molecular flexibility index (Phi) is 4.27. The second kappa shape index (κ2) is 6.70. The molecule has 1 N–H and O–H groups in total. The predicted molar refractivity (Wildman–Crippen MR) is 106 cm³/mol. The van der Waals surface area contributed by atoms with Gasteiger partial charge in [0, 0.05) is 18.2 Å². The number of carbonyl (C=O) groups excluding carboxylic acids is 1. The average molecular weight is 379 g/mol. The van der Waals surface area contributed by atoms with Crippen molar-refractivity contribution in [3.63, 3.8) is 0 Å². The highest BCUT2D eigenvalue weighted by molar-refractivity contribution is 5.82. The number of hydrogen-bond acceptors (Lipinski definition) is 2. The van der Waals surface area contributed by atoms with Crippen LogP contribution in [0.5, 0.6) is 0 Å². The Bertz CT molecular complexity index is 889. The van der Waals surface area contributed by atoms with Gasteiger partial charge >= 0.3 is 0 Å². The van der Waals surface area contributed by atoms with Crippen molar-refractivity contribution in [2.45, 2.75) is 50.7 Å². The van der Waals surface area contributed by atoms with Crippen LogP contribution in [0, 0.1) is 17.2 Å². The zero-order valence-electron chi connectivity index (χ0n) is 16.0. The van der Waals surface area contributed by atoms with Gasteiger partial charge in [-0.25, -0.2) is 4.39 Å². The molecule has 146 valence electrons. The minimum atomic E-state index is -0.878. The summed E-state index contributed by atoms with van der Waals surface area (Å²) in [6.45, 7) is 0.722. The lowest BCUT2D eigenvalue weighted by atomic mass is 9.95. The summed E-state index contributed by atoms with van der Waals surface area (Å²) in [7, 11) is 0. The molecule has 1 saturated heterocycles. The Balaban J connectivity index is 1.40. The highest BCUT2D eigenvalue weighted by Crippen LogP contribution is 2.55. The molecule has 2 aliphatic carbocycles. The van der Waals surface area contributed by atoms with Crippen LogP contribution in [0.25, 0.3) is 11.1 Å². The molecule has 4 heteroatoms. The van der Waals surface area contributed by atoms with Crippen molar-refractivity contribution < 1.29 is 14.3 Å². The molecule has 28 heavy (non-hydrogen) atoms. The van der Waals surface area contributed by atoms with E-state index in [9.17, 15) is 9.90 Å². The van der Waals surface area contributed by atoms with Crippen LogP contribution >= 0.6 is 0 Å². The molecule has 3 nitrogen and oxygen atoms in total. The third-order valence-electron chi connectivity index (χ3n) is 6.80. The fourth-order valence-corrected chi connectivity index (χ4v) is 4.76. The predicted octanol–water partition coefficient (Wildman–Crippen LogP) is 4.19. The second-order valence-corrected chi connectivity index (χ2v) is 8.96. The number of nitrogens with zero attached hydrogens (tertiary/aromatic N) is 1. The van der Waals surface area contributed by atoms with E-state index < -0.39 is 6.10 Å². The van der Waals surface area contributed by atoms with Gasteiger partial charge in [0.05, 0.1) is 0 Å². The van der Waals surface area contributed by atoms with E-state index in [1.807, 2.05) is 53.4 Å². The quantitative estimate of drug-likeness (QED) is 0.846. The van der Waals surface area contributed by atoms with Crippen LogP contribution in [0.15, 0.2) is 48.5 Å². The number of carbonyl (C=O) groups is 1. The molecule has 1 spiro atoms. The van der Waals surface area contributed by atoms with Gasteiger partial charge < -0.3 is 10.0 Å². The number of aliphatic hydroxyl groups excluding tert-OH is 1. The highest BCUT2D eigenvalue weighted by Gasteiger charge is 2.54. The molecular weight excluding hydrogens is 353 g/mol. The first-order chi connectivity index (χ1) is 13.6. The van der Waals surface area contributed by atoms with Gasteiger partial charge in [0.2, 0.25) is 0 Å². The molecule has 1 heterocycles. The molecule has 2 atom stereocenters. The molecule has 0 aromatic heterocycles. The Labute approximate surface area is 165 Å². The molecule has 0 bridgehead atoms. The minimum absolute atomic E-state index is 0.0241. The molecule has 1 amide bonds. The fourth-order valence-electron chi connectivity index (χ4n) is 4.76. The van der Waals surface area contributed by atoms with Crippen LogP contribution in [0.1, 0.15) is 37.7 Å². The molecule has 3 aliphatic rings. The number of benzene rings is 2. The standard InChI is InChI=1S/C24H26FNO2/c25-21-18(7-4-8-20(21)16-5-2-1-3-6-16)13-19-14-24(11-12-24)15-26(19)23(28)22(27)17-9-10-17/h1-8,17,19,22,27H,9-15H2/t19-,22+/m0/s1. The number of hydrogen-bond donors (Lipinski definition) is 1. The van der Waals surface area contributed by atoms with Crippen molar-refractivity contribution in [2.75, 3.05) is 6.54 Å². The van der Waals surface area contributed by atoms with Crippen molar-refractivity contribution >= 4 is 5.91 Å². The van der Waals surface area contributed by atoms with E-state index in [1.54, 1.807) is 0 Å². The smallest absolute Gasteiger partial charge is 0.251 e.